The summed E-state index contributed by atoms with van der Waals surface area (Å²) in [5.74, 6) is 0.804. The van der Waals surface area contributed by atoms with Crippen molar-refractivity contribution in [3.63, 3.8) is 0 Å². The van der Waals surface area contributed by atoms with E-state index in [1.807, 2.05) is 13.0 Å². The van der Waals surface area contributed by atoms with Crippen molar-refractivity contribution in [2.24, 2.45) is 0 Å². The number of allylic oxidation sites excluding steroid dienone is 1. The third-order valence-corrected chi connectivity index (χ3v) is 1.19. The molecule has 0 saturated heterocycles. The maximum atomic E-state index is 5.36. The van der Waals surface area contributed by atoms with E-state index >= 15 is 0 Å². The molecule has 0 atom stereocenters. The Balaban J connectivity index is 2.93. The van der Waals surface area contributed by atoms with Gasteiger partial charge in [0.25, 0.3) is 0 Å². The lowest BCUT2D eigenvalue weighted by molar-refractivity contribution is 1.05. The smallest absolute Gasteiger partial charge is 0.225 e. The van der Waals surface area contributed by atoms with Crippen molar-refractivity contribution in [3.8, 4) is 0 Å². The van der Waals surface area contributed by atoms with E-state index in [0.29, 0.717) is 5.82 Å². The molecule has 64 valence electrons. The molecule has 0 fully saturated rings. The molecular weight excluding hydrogens is 154 g/mol. The summed E-state index contributed by atoms with van der Waals surface area (Å²) in [7, 11) is 0. The van der Waals surface area contributed by atoms with Crippen LogP contribution in [0.25, 0.3) is 6.08 Å². The van der Waals surface area contributed by atoms with Crippen molar-refractivity contribution >= 4 is 18.0 Å². The van der Waals surface area contributed by atoms with Gasteiger partial charge in [0.05, 0.1) is 0 Å². The average Bonchev–Trinajstić information content (AvgIpc) is 1.99. The minimum absolute atomic E-state index is 0.151. The summed E-state index contributed by atoms with van der Waals surface area (Å²) in [5.41, 5.74) is 10.7. The van der Waals surface area contributed by atoms with E-state index in [9.17, 15) is 0 Å². The quantitative estimate of drug-likeness (QED) is 0.664. The molecule has 12 heavy (non-hydrogen) atoms. The van der Waals surface area contributed by atoms with Crippen LogP contribution >= 0.6 is 0 Å². The van der Waals surface area contributed by atoms with Gasteiger partial charge in [-0.3, -0.25) is 0 Å². The first kappa shape index (κ1) is 8.45. The molecule has 0 saturated carbocycles. The first-order valence-corrected chi connectivity index (χ1v) is 3.66. The van der Waals surface area contributed by atoms with Crippen LogP contribution in [0.5, 0.6) is 0 Å². The Hall–Kier alpha value is -1.65. The van der Waals surface area contributed by atoms with Crippen LogP contribution in [0.3, 0.4) is 0 Å². The van der Waals surface area contributed by atoms with E-state index in [0.717, 1.165) is 6.42 Å². The van der Waals surface area contributed by atoms with E-state index in [4.69, 9.17) is 11.5 Å². The molecule has 5 nitrogen and oxygen atoms in total. The van der Waals surface area contributed by atoms with Crippen LogP contribution in [-0.2, 0) is 0 Å². The van der Waals surface area contributed by atoms with Gasteiger partial charge in [0.15, 0.2) is 5.82 Å². The maximum absolute atomic E-state index is 5.36. The Morgan fingerprint density at radius 3 is 2.25 bits per heavy atom. The van der Waals surface area contributed by atoms with Gasteiger partial charge in [-0.25, -0.2) is 0 Å². The van der Waals surface area contributed by atoms with Crippen molar-refractivity contribution in [2.75, 3.05) is 11.5 Å². The molecule has 0 aliphatic heterocycles. The summed E-state index contributed by atoms with van der Waals surface area (Å²) < 4.78 is 0. The van der Waals surface area contributed by atoms with Gasteiger partial charge >= 0.3 is 0 Å². The normalized spacial score (nSPS) is 10.8. The van der Waals surface area contributed by atoms with E-state index in [-0.39, 0.29) is 11.9 Å². The van der Waals surface area contributed by atoms with Gasteiger partial charge in [0, 0.05) is 0 Å². The van der Waals surface area contributed by atoms with Gasteiger partial charge in [-0.05, 0) is 12.5 Å². The van der Waals surface area contributed by atoms with Crippen LogP contribution < -0.4 is 11.5 Å². The summed E-state index contributed by atoms with van der Waals surface area (Å²) in [6.07, 6.45) is 4.61. The van der Waals surface area contributed by atoms with Crippen molar-refractivity contribution in [2.45, 2.75) is 13.3 Å². The van der Waals surface area contributed by atoms with Crippen LogP contribution in [0, 0.1) is 0 Å². The molecule has 0 amide bonds. The van der Waals surface area contributed by atoms with Crippen LogP contribution in [0.4, 0.5) is 11.9 Å². The van der Waals surface area contributed by atoms with Crippen LogP contribution in [0.1, 0.15) is 19.2 Å². The molecule has 0 spiro atoms. The predicted molar refractivity (Wildman–Crippen MR) is 48.0 cm³/mol. The van der Waals surface area contributed by atoms with Gasteiger partial charge in [-0.2, -0.15) is 15.0 Å². The van der Waals surface area contributed by atoms with Crippen molar-refractivity contribution in [1.29, 1.82) is 0 Å². The topological polar surface area (TPSA) is 90.7 Å². The van der Waals surface area contributed by atoms with Gasteiger partial charge in [-0.1, -0.05) is 13.0 Å². The number of hydrogen-bond donors (Lipinski definition) is 2. The van der Waals surface area contributed by atoms with Crippen LogP contribution in [0.15, 0.2) is 6.08 Å². The summed E-state index contributed by atoms with van der Waals surface area (Å²) in [6.45, 7) is 2.02. The second kappa shape index (κ2) is 3.66. The molecule has 5 heteroatoms. The number of hydrogen-bond acceptors (Lipinski definition) is 5. The first-order chi connectivity index (χ1) is 5.72. The number of rotatable bonds is 2. The van der Waals surface area contributed by atoms with Crippen molar-refractivity contribution in [1.82, 2.24) is 15.0 Å². The number of anilines is 2. The summed E-state index contributed by atoms with van der Waals surface area (Å²) in [4.78, 5) is 11.4. The third kappa shape index (κ3) is 2.19. The molecule has 0 bridgehead atoms. The van der Waals surface area contributed by atoms with Gasteiger partial charge in [-0.15, -0.1) is 0 Å². The number of nitrogen functional groups attached to an aromatic ring is 2. The van der Waals surface area contributed by atoms with E-state index < -0.39 is 0 Å². The Bertz CT molecular complexity index is 274. The van der Waals surface area contributed by atoms with E-state index in [1.165, 1.54) is 0 Å². The lowest BCUT2D eigenvalue weighted by Crippen LogP contribution is -2.03. The van der Waals surface area contributed by atoms with Gasteiger partial charge in [0.1, 0.15) is 0 Å². The summed E-state index contributed by atoms with van der Waals surface area (Å²) in [5, 5.41) is 0. The Kier molecular flexibility index (Phi) is 2.57. The highest BCUT2D eigenvalue weighted by atomic mass is 15.1. The van der Waals surface area contributed by atoms with E-state index in [2.05, 4.69) is 15.0 Å². The molecule has 0 aromatic carbocycles. The molecular formula is C7H11N5. The summed E-state index contributed by atoms with van der Waals surface area (Å²) in [6, 6.07) is 0. The largest absolute Gasteiger partial charge is 0.368 e. The fourth-order valence-electron chi connectivity index (χ4n) is 0.725. The minimum Gasteiger partial charge on any atom is -0.368 e. The Morgan fingerprint density at radius 2 is 1.75 bits per heavy atom. The summed E-state index contributed by atoms with van der Waals surface area (Å²) >= 11 is 0. The molecule has 4 N–H and O–H groups in total. The molecule has 0 aliphatic rings. The molecule has 0 unspecified atom stereocenters. The van der Waals surface area contributed by atoms with Crippen molar-refractivity contribution < 1.29 is 0 Å². The lowest BCUT2D eigenvalue weighted by atomic mass is 10.4. The monoisotopic (exact) mass is 165 g/mol. The van der Waals surface area contributed by atoms with Gasteiger partial charge in [0.2, 0.25) is 11.9 Å². The average molecular weight is 165 g/mol. The highest BCUT2D eigenvalue weighted by Gasteiger charge is 1.96. The highest BCUT2D eigenvalue weighted by Crippen LogP contribution is 2.00. The third-order valence-electron chi connectivity index (χ3n) is 1.19. The zero-order valence-corrected chi connectivity index (χ0v) is 6.86. The number of aromatic nitrogens is 3. The van der Waals surface area contributed by atoms with Crippen molar-refractivity contribution in [3.05, 3.63) is 11.9 Å². The Labute approximate surface area is 70.5 Å². The predicted octanol–water partition coefficient (Wildman–Crippen LogP) is 0.459. The molecule has 0 aliphatic carbocycles. The lowest BCUT2D eigenvalue weighted by Gasteiger charge is -1.95. The second-order valence-corrected chi connectivity index (χ2v) is 2.22. The van der Waals surface area contributed by atoms with Crippen LogP contribution in [-0.4, -0.2) is 15.0 Å². The van der Waals surface area contributed by atoms with E-state index in [1.54, 1.807) is 6.08 Å². The SMILES string of the molecule is CC/C=C/c1nc(N)nc(N)n1. The molecule has 1 aromatic heterocycles. The fourth-order valence-corrected chi connectivity index (χ4v) is 0.725. The fraction of sp³-hybridized carbons (Fsp3) is 0.286. The maximum Gasteiger partial charge on any atom is 0.225 e. The van der Waals surface area contributed by atoms with Gasteiger partial charge < -0.3 is 11.5 Å². The standard InChI is InChI=1S/C7H11N5/c1-2-3-4-5-10-6(8)12-7(9)11-5/h3-4H,2H2,1H3,(H4,8,9,10,11,12)/b4-3+. The second-order valence-electron chi connectivity index (χ2n) is 2.22. The molecule has 1 aromatic rings. The van der Waals surface area contributed by atoms with Crippen LogP contribution in [0.2, 0.25) is 0 Å². The number of nitrogens with two attached hydrogens (primary N) is 2. The number of nitrogens with zero attached hydrogens (tertiary/aromatic N) is 3. The molecule has 1 heterocycles. The Morgan fingerprint density at radius 1 is 1.17 bits per heavy atom. The highest BCUT2D eigenvalue weighted by molar-refractivity contribution is 5.43. The zero-order valence-electron chi connectivity index (χ0n) is 6.86. The minimum atomic E-state index is 0.151. The first-order valence-electron chi connectivity index (χ1n) is 3.66. The molecule has 1 rings (SSSR count). The molecule has 0 radical (unpaired) electrons. The zero-order chi connectivity index (χ0) is 8.97.